The summed E-state index contributed by atoms with van der Waals surface area (Å²) in [4.78, 5) is 0. The molecular formula is C11H15ClO. The second-order valence-corrected chi connectivity index (χ2v) is 3.44. The number of benzene rings is 1. The zero-order valence-electron chi connectivity index (χ0n) is 7.92. The predicted octanol–water partition coefficient (Wildman–Crippen LogP) is 3.39. The lowest BCUT2D eigenvalue weighted by atomic mass is 10.2. The summed E-state index contributed by atoms with van der Waals surface area (Å²) >= 11 is 5.55. The normalized spacial score (nSPS) is 10.0. The standard InChI is InChI=1S/C11H15ClO/c1-10-4-6-11(7-5-10)13-9-3-2-8-12/h4-7H,2-3,8-9H2,1H3. The Morgan fingerprint density at radius 3 is 2.46 bits per heavy atom. The van der Waals surface area contributed by atoms with Gasteiger partial charge in [0.1, 0.15) is 5.75 Å². The molecule has 0 aromatic heterocycles. The predicted molar refractivity (Wildman–Crippen MR) is 56.6 cm³/mol. The Bertz CT molecular complexity index is 230. The van der Waals surface area contributed by atoms with E-state index in [9.17, 15) is 0 Å². The summed E-state index contributed by atoms with van der Waals surface area (Å²) in [6, 6.07) is 8.10. The first kappa shape index (κ1) is 10.4. The van der Waals surface area contributed by atoms with E-state index in [1.54, 1.807) is 0 Å². The van der Waals surface area contributed by atoms with Gasteiger partial charge in [-0.2, -0.15) is 0 Å². The van der Waals surface area contributed by atoms with Gasteiger partial charge in [0.25, 0.3) is 0 Å². The van der Waals surface area contributed by atoms with Gasteiger partial charge < -0.3 is 4.74 Å². The van der Waals surface area contributed by atoms with Crippen LogP contribution in [-0.2, 0) is 0 Å². The van der Waals surface area contributed by atoms with Crippen molar-refractivity contribution in [2.45, 2.75) is 19.8 Å². The molecule has 0 amide bonds. The van der Waals surface area contributed by atoms with E-state index in [1.165, 1.54) is 5.56 Å². The fourth-order valence-corrected chi connectivity index (χ4v) is 1.21. The third-order valence-electron chi connectivity index (χ3n) is 1.82. The van der Waals surface area contributed by atoms with Crippen LogP contribution in [0.3, 0.4) is 0 Å². The highest BCUT2D eigenvalue weighted by atomic mass is 35.5. The van der Waals surface area contributed by atoms with Crippen molar-refractivity contribution >= 4 is 11.6 Å². The molecule has 1 nitrogen and oxygen atoms in total. The van der Waals surface area contributed by atoms with Crippen LogP contribution >= 0.6 is 11.6 Å². The summed E-state index contributed by atoms with van der Waals surface area (Å²) in [5, 5.41) is 0. The van der Waals surface area contributed by atoms with E-state index >= 15 is 0 Å². The Kier molecular flexibility index (Phi) is 4.69. The van der Waals surface area contributed by atoms with Gasteiger partial charge in [0.15, 0.2) is 0 Å². The molecule has 0 fully saturated rings. The molecule has 0 aliphatic heterocycles. The molecule has 13 heavy (non-hydrogen) atoms. The number of unbranched alkanes of at least 4 members (excludes halogenated alkanes) is 1. The highest BCUT2D eigenvalue weighted by Crippen LogP contribution is 2.11. The minimum atomic E-state index is 0.720. The maximum atomic E-state index is 5.55. The van der Waals surface area contributed by atoms with E-state index in [4.69, 9.17) is 16.3 Å². The summed E-state index contributed by atoms with van der Waals surface area (Å²) < 4.78 is 5.50. The average Bonchev–Trinajstić information content (AvgIpc) is 2.15. The summed E-state index contributed by atoms with van der Waals surface area (Å²) in [6.45, 7) is 2.83. The van der Waals surface area contributed by atoms with Crippen LogP contribution in [0, 0.1) is 6.92 Å². The van der Waals surface area contributed by atoms with Gasteiger partial charge in [0.2, 0.25) is 0 Å². The summed E-state index contributed by atoms with van der Waals surface area (Å²) in [5.41, 5.74) is 1.26. The van der Waals surface area contributed by atoms with Gasteiger partial charge in [0, 0.05) is 5.88 Å². The van der Waals surface area contributed by atoms with Gasteiger partial charge >= 0.3 is 0 Å². The van der Waals surface area contributed by atoms with Crippen molar-refractivity contribution < 1.29 is 4.74 Å². The molecule has 1 aromatic rings. The second-order valence-electron chi connectivity index (χ2n) is 3.06. The monoisotopic (exact) mass is 198 g/mol. The first-order valence-electron chi connectivity index (χ1n) is 4.58. The lowest BCUT2D eigenvalue weighted by Crippen LogP contribution is -1.97. The molecule has 0 aliphatic carbocycles. The smallest absolute Gasteiger partial charge is 0.119 e. The van der Waals surface area contributed by atoms with Crippen LogP contribution in [0.5, 0.6) is 5.75 Å². The molecule has 0 aliphatic rings. The number of hydrogen-bond acceptors (Lipinski definition) is 1. The van der Waals surface area contributed by atoms with Crippen molar-refractivity contribution in [2.75, 3.05) is 12.5 Å². The van der Waals surface area contributed by atoms with Crippen LogP contribution in [0.4, 0.5) is 0 Å². The van der Waals surface area contributed by atoms with Crippen molar-refractivity contribution in [2.24, 2.45) is 0 Å². The van der Waals surface area contributed by atoms with Crippen LogP contribution in [-0.4, -0.2) is 12.5 Å². The van der Waals surface area contributed by atoms with Crippen molar-refractivity contribution in [3.63, 3.8) is 0 Å². The van der Waals surface area contributed by atoms with Gasteiger partial charge in [-0.15, -0.1) is 11.6 Å². The Balaban J connectivity index is 2.25. The second kappa shape index (κ2) is 5.87. The Labute approximate surface area is 84.7 Å². The van der Waals surface area contributed by atoms with Gasteiger partial charge in [-0.05, 0) is 31.9 Å². The molecule has 0 heterocycles. The van der Waals surface area contributed by atoms with E-state index in [1.807, 2.05) is 12.1 Å². The summed E-state index contributed by atoms with van der Waals surface area (Å²) in [7, 11) is 0. The first-order valence-corrected chi connectivity index (χ1v) is 5.12. The summed E-state index contributed by atoms with van der Waals surface area (Å²) in [6.07, 6.45) is 2.05. The SMILES string of the molecule is Cc1ccc(OCCCCCl)cc1. The molecule has 0 saturated carbocycles. The molecule has 0 spiro atoms. The number of halogens is 1. The molecule has 1 rings (SSSR count). The maximum Gasteiger partial charge on any atom is 0.119 e. The maximum absolute atomic E-state index is 5.55. The highest BCUT2D eigenvalue weighted by molar-refractivity contribution is 6.17. The fraction of sp³-hybridized carbons (Fsp3) is 0.455. The molecule has 0 radical (unpaired) electrons. The number of ether oxygens (including phenoxy) is 1. The van der Waals surface area contributed by atoms with Crippen LogP contribution in [0.2, 0.25) is 0 Å². The van der Waals surface area contributed by atoms with Gasteiger partial charge in [-0.25, -0.2) is 0 Å². The van der Waals surface area contributed by atoms with Gasteiger partial charge in [0.05, 0.1) is 6.61 Å². The van der Waals surface area contributed by atoms with E-state index in [-0.39, 0.29) is 0 Å². The molecule has 0 atom stereocenters. The molecule has 0 bridgehead atoms. The minimum absolute atomic E-state index is 0.720. The number of hydrogen-bond donors (Lipinski definition) is 0. The third-order valence-corrected chi connectivity index (χ3v) is 2.08. The van der Waals surface area contributed by atoms with Crippen LogP contribution in [0.15, 0.2) is 24.3 Å². The molecule has 1 aromatic carbocycles. The van der Waals surface area contributed by atoms with Gasteiger partial charge in [-0.1, -0.05) is 17.7 Å². The molecule has 0 N–H and O–H groups in total. The lowest BCUT2D eigenvalue weighted by Gasteiger charge is -2.04. The van der Waals surface area contributed by atoms with E-state index in [0.717, 1.165) is 31.1 Å². The fourth-order valence-electron chi connectivity index (χ4n) is 1.02. The molecule has 72 valence electrons. The van der Waals surface area contributed by atoms with Crippen molar-refractivity contribution in [3.05, 3.63) is 29.8 Å². The quantitative estimate of drug-likeness (QED) is 0.521. The van der Waals surface area contributed by atoms with Crippen molar-refractivity contribution in [3.8, 4) is 5.75 Å². The topological polar surface area (TPSA) is 9.23 Å². The number of aryl methyl sites for hydroxylation is 1. The minimum Gasteiger partial charge on any atom is -0.494 e. The third kappa shape index (κ3) is 4.18. The zero-order chi connectivity index (χ0) is 9.52. The number of rotatable bonds is 5. The van der Waals surface area contributed by atoms with Crippen LogP contribution < -0.4 is 4.74 Å². The van der Waals surface area contributed by atoms with Crippen LogP contribution in [0.25, 0.3) is 0 Å². The Hall–Kier alpha value is -0.690. The highest BCUT2D eigenvalue weighted by Gasteiger charge is 1.92. The van der Waals surface area contributed by atoms with E-state index in [0.29, 0.717) is 0 Å². The van der Waals surface area contributed by atoms with E-state index in [2.05, 4.69) is 19.1 Å². The molecular weight excluding hydrogens is 184 g/mol. The lowest BCUT2D eigenvalue weighted by molar-refractivity contribution is 0.309. The van der Waals surface area contributed by atoms with Crippen molar-refractivity contribution in [1.29, 1.82) is 0 Å². The zero-order valence-corrected chi connectivity index (χ0v) is 8.68. The molecule has 0 unspecified atom stereocenters. The number of alkyl halides is 1. The average molecular weight is 199 g/mol. The first-order chi connectivity index (χ1) is 6.33. The van der Waals surface area contributed by atoms with Crippen molar-refractivity contribution in [1.82, 2.24) is 0 Å². The molecule has 2 heteroatoms. The molecule has 0 saturated heterocycles. The largest absolute Gasteiger partial charge is 0.494 e. The van der Waals surface area contributed by atoms with Crippen LogP contribution in [0.1, 0.15) is 18.4 Å². The summed E-state index contributed by atoms with van der Waals surface area (Å²) in [5.74, 6) is 1.66. The Morgan fingerprint density at radius 2 is 1.85 bits per heavy atom. The Morgan fingerprint density at radius 1 is 1.15 bits per heavy atom. The van der Waals surface area contributed by atoms with E-state index < -0.39 is 0 Å². The van der Waals surface area contributed by atoms with Gasteiger partial charge in [-0.3, -0.25) is 0 Å².